The second-order valence-electron chi connectivity index (χ2n) is 6.50. The Hall–Kier alpha value is -1.57. The smallest absolute Gasteiger partial charge is 0.354 e. The summed E-state index contributed by atoms with van der Waals surface area (Å²) in [5, 5.41) is 6.47. The molecule has 24 heavy (non-hydrogen) atoms. The van der Waals surface area contributed by atoms with Gasteiger partial charge in [0.05, 0.1) is 0 Å². The molecule has 0 spiro atoms. The Bertz CT molecular complexity index is 566. The van der Waals surface area contributed by atoms with Crippen LogP contribution >= 0.6 is 0 Å². The number of nitrogens with one attached hydrogen (secondary N) is 1. The van der Waals surface area contributed by atoms with Crippen molar-refractivity contribution in [3.05, 3.63) is 17.0 Å². The summed E-state index contributed by atoms with van der Waals surface area (Å²) < 4.78 is 40.9. The molecule has 0 aromatic carbocycles. The van der Waals surface area contributed by atoms with Crippen LogP contribution in [0.5, 0.6) is 0 Å². The Labute approximate surface area is 140 Å². The van der Waals surface area contributed by atoms with Gasteiger partial charge in [-0.2, -0.15) is 18.3 Å². The second kappa shape index (κ2) is 8.00. The Morgan fingerprint density at radius 1 is 1.25 bits per heavy atom. The number of carbonyl (C=O) groups excluding carboxylic acids is 1. The highest BCUT2D eigenvalue weighted by Crippen LogP contribution is 2.35. The highest BCUT2D eigenvalue weighted by atomic mass is 19.4. The Morgan fingerprint density at radius 2 is 1.96 bits per heavy atom. The zero-order valence-electron chi connectivity index (χ0n) is 14.2. The third-order valence-electron chi connectivity index (χ3n) is 4.17. The van der Waals surface area contributed by atoms with Crippen molar-refractivity contribution in [2.75, 3.05) is 27.2 Å². The average Bonchev–Trinajstić information content (AvgIpc) is 2.67. The molecule has 136 valence electrons. The molecule has 1 aromatic heterocycles. The third kappa shape index (κ3) is 4.96. The van der Waals surface area contributed by atoms with Crippen LogP contribution in [0.25, 0.3) is 0 Å². The molecular formula is C16H25F3N4O. The van der Waals surface area contributed by atoms with Crippen LogP contribution in [0.2, 0.25) is 0 Å². The number of carbonyl (C=O) groups is 1. The Morgan fingerprint density at radius 3 is 2.62 bits per heavy atom. The fraction of sp³-hybridized carbons (Fsp3) is 0.750. The van der Waals surface area contributed by atoms with E-state index >= 15 is 0 Å². The number of amides is 1. The second-order valence-corrected chi connectivity index (χ2v) is 6.50. The SMILES string of the molecule is CN(C)CCCNC(=O)Cn1nc(C(F)(F)F)c2c1CCCCC2. The topological polar surface area (TPSA) is 50.2 Å². The third-order valence-corrected chi connectivity index (χ3v) is 4.17. The van der Waals surface area contributed by atoms with Gasteiger partial charge in [0.15, 0.2) is 5.69 Å². The first-order valence-electron chi connectivity index (χ1n) is 8.36. The van der Waals surface area contributed by atoms with Gasteiger partial charge >= 0.3 is 6.18 Å². The quantitative estimate of drug-likeness (QED) is 0.635. The van der Waals surface area contributed by atoms with Crippen LogP contribution in [0, 0.1) is 0 Å². The van der Waals surface area contributed by atoms with Crippen LogP contribution in [-0.2, 0) is 30.4 Å². The summed E-state index contributed by atoms with van der Waals surface area (Å²) in [6, 6.07) is 0. The van der Waals surface area contributed by atoms with Crippen molar-refractivity contribution in [3.63, 3.8) is 0 Å². The van der Waals surface area contributed by atoms with Gasteiger partial charge in [-0.05, 0) is 52.7 Å². The molecule has 0 saturated heterocycles. The van der Waals surface area contributed by atoms with E-state index < -0.39 is 11.9 Å². The molecule has 0 saturated carbocycles. The summed E-state index contributed by atoms with van der Waals surface area (Å²) in [5.41, 5.74) is 0.0310. The van der Waals surface area contributed by atoms with Crippen molar-refractivity contribution in [1.29, 1.82) is 0 Å². The maximum atomic E-state index is 13.2. The molecule has 5 nitrogen and oxygen atoms in total. The lowest BCUT2D eigenvalue weighted by Crippen LogP contribution is -2.31. The molecule has 2 rings (SSSR count). The van der Waals surface area contributed by atoms with Crippen molar-refractivity contribution in [1.82, 2.24) is 20.0 Å². The Balaban J connectivity index is 2.07. The number of hydrogen-bond acceptors (Lipinski definition) is 3. The molecule has 1 aliphatic rings. The molecule has 1 N–H and O–H groups in total. The van der Waals surface area contributed by atoms with Crippen LogP contribution in [0.1, 0.15) is 42.6 Å². The van der Waals surface area contributed by atoms with E-state index in [1.165, 1.54) is 4.68 Å². The number of hydrogen-bond donors (Lipinski definition) is 1. The number of fused-ring (bicyclic) bond motifs is 1. The van der Waals surface area contributed by atoms with Crippen LogP contribution < -0.4 is 5.32 Å². The minimum Gasteiger partial charge on any atom is -0.354 e. The van der Waals surface area contributed by atoms with E-state index in [4.69, 9.17) is 0 Å². The van der Waals surface area contributed by atoms with Gasteiger partial charge in [-0.15, -0.1) is 0 Å². The van der Waals surface area contributed by atoms with Crippen molar-refractivity contribution < 1.29 is 18.0 Å². The predicted octanol–water partition coefficient (Wildman–Crippen LogP) is 2.24. The van der Waals surface area contributed by atoms with Gasteiger partial charge in [0, 0.05) is 17.8 Å². The lowest BCUT2D eigenvalue weighted by Gasteiger charge is -2.11. The predicted molar refractivity (Wildman–Crippen MR) is 84.7 cm³/mol. The molecule has 1 aliphatic carbocycles. The van der Waals surface area contributed by atoms with E-state index in [1.54, 1.807) is 0 Å². The lowest BCUT2D eigenvalue weighted by molar-refractivity contribution is -0.142. The fourth-order valence-electron chi connectivity index (χ4n) is 3.02. The monoisotopic (exact) mass is 346 g/mol. The maximum Gasteiger partial charge on any atom is 0.435 e. The van der Waals surface area contributed by atoms with E-state index in [2.05, 4.69) is 10.4 Å². The van der Waals surface area contributed by atoms with Gasteiger partial charge in [0.1, 0.15) is 6.54 Å². The van der Waals surface area contributed by atoms with E-state index in [9.17, 15) is 18.0 Å². The molecule has 0 unspecified atom stereocenters. The fourth-order valence-corrected chi connectivity index (χ4v) is 3.02. The molecule has 0 bridgehead atoms. The van der Waals surface area contributed by atoms with Gasteiger partial charge in [0.2, 0.25) is 5.91 Å². The summed E-state index contributed by atoms with van der Waals surface area (Å²) in [4.78, 5) is 14.0. The molecule has 1 aromatic rings. The molecular weight excluding hydrogens is 321 g/mol. The zero-order valence-corrected chi connectivity index (χ0v) is 14.2. The largest absolute Gasteiger partial charge is 0.435 e. The Kier molecular flexibility index (Phi) is 6.26. The normalized spacial score (nSPS) is 15.2. The molecule has 0 aliphatic heterocycles. The number of halogens is 3. The van der Waals surface area contributed by atoms with Crippen molar-refractivity contribution in [2.45, 2.75) is 51.2 Å². The number of rotatable bonds is 6. The van der Waals surface area contributed by atoms with E-state index in [1.807, 2.05) is 19.0 Å². The summed E-state index contributed by atoms with van der Waals surface area (Å²) >= 11 is 0. The minimum atomic E-state index is -4.47. The number of aromatic nitrogens is 2. The standard InChI is InChI=1S/C16H25F3N4O/c1-22(2)10-6-9-20-14(24)11-23-13-8-5-3-4-7-12(13)15(21-23)16(17,18)19/h3-11H2,1-2H3,(H,20,24). The first kappa shape index (κ1) is 18.8. The van der Waals surface area contributed by atoms with Crippen molar-refractivity contribution in [3.8, 4) is 0 Å². The zero-order chi connectivity index (χ0) is 17.7. The molecule has 0 fully saturated rings. The van der Waals surface area contributed by atoms with Crippen LogP contribution in [0.4, 0.5) is 13.2 Å². The molecule has 0 atom stereocenters. The summed E-state index contributed by atoms with van der Waals surface area (Å²) in [6.45, 7) is 1.20. The summed E-state index contributed by atoms with van der Waals surface area (Å²) in [5.74, 6) is -0.294. The highest BCUT2D eigenvalue weighted by molar-refractivity contribution is 5.75. The van der Waals surface area contributed by atoms with Gasteiger partial charge < -0.3 is 10.2 Å². The van der Waals surface area contributed by atoms with Crippen molar-refractivity contribution >= 4 is 5.91 Å². The first-order chi connectivity index (χ1) is 11.3. The van der Waals surface area contributed by atoms with Gasteiger partial charge in [-0.1, -0.05) is 6.42 Å². The van der Waals surface area contributed by atoms with Gasteiger partial charge in [-0.3, -0.25) is 9.48 Å². The van der Waals surface area contributed by atoms with Crippen LogP contribution in [-0.4, -0.2) is 47.8 Å². The van der Waals surface area contributed by atoms with E-state index in [0.29, 0.717) is 25.1 Å². The highest BCUT2D eigenvalue weighted by Gasteiger charge is 2.39. The minimum absolute atomic E-state index is 0.152. The van der Waals surface area contributed by atoms with Crippen LogP contribution in [0.15, 0.2) is 0 Å². The van der Waals surface area contributed by atoms with E-state index in [-0.39, 0.29) is 18.0 Å². The lowest BCUT2D eigenvalue weighted by atomic mass is 10.1. The van der Waals surface area contributed by atoms with Crippen LogP contribution in [0.3, 0.4) is 0 Å². The number of nitrogens with zero attached hydrogens (tertiary/aromatic N) is 3. The van der Waals surface area contributed by atoms with Gasteiger partial charge in [0.25, 0.3) is 0 Å². The van der Waals surface area contributed by atoms with Crippen molar-refractivity contribution in [2.24, 2.45) is 0 Å². The molecule has 8 heteroatoms. The molecule has 0 radical (unpaired) electrons. The van der Waals surface area contributed by atoms with Gasteiger partial charge in [-0.25, -0.2) is 0 Å². The molecule has 1 heterocycles. The summed E-state index contributed by atoms with van der Waals surface area (Å²) in [7, 11) is 3.89. The first-order valence-corrected chi connectivity index (χ1v) is 8.36. The number of alkyl halides is 3. The summed E-state index contributed by atoms with van der Waals surface area (Å²) in [6.07, 6.45) is -0.270. The average molecular weight is 346 g/mol. The molecule has 1 amide bonds. The van der Waals surface area contributed by atoms with E-state index in [0.717, 1.165) is 32.2 Å². The maximum absolute atomic E-state index is 13.2.